The van der Waals surface area contributed by atoms with E-state index < -0.39 is 9.84 Å². The minimum absolute atomic E-state index is 0.0939. The summed E-state index contributed by atoms with van der Waals surface area (Å²) in [7, 11) is -3.74. The summed E-state index contributed by atoms with van der Waals surface area (Å²) in [6.45, 7) is 1.84. The number of hydrogen-bond acceptors (Lipinski definition) is 7. The zero-order valence-corrected chi connectivity index (χ0v) is 14.2. The molecule has 3 aromatic rings. The van der Waals surface area contributed by atoms with E-state index in [0.29, 0.717) is 16.7 Å². The van der Waals surface area contributed by atoms with Crippen LogP contribution in [0.1, 0.15) is 11.6 Å². The van der Waals surface area contributed by atoms with Gasteiger partial charge in [0.05, 0.1) is 11.4 Å². The molecule has 120 valence electrons. The lowest BCUT2D eigenvalue weighted by atomic mass is 10.4. The molecule has 0 saturated carbocycles. The maximum absolute atomic E-state index is 13.0. The summed E-state index contributed by atoms with van der Waals surface area (Å²) in [4.78, 5) is 8.81. The Morgan fingerprint density at radius 2 is 1.91 bits per heavy atom. The third-order valence-corrected chi connectivity index (χ3v) is 5.90. The maximum Gasteiger partial charge on any atom is 0.213 e. The summed E-state index contributed by atoms with van der Waals surface area (Å²) in [5.74, 6) is 0.923. The summed E-state index contributed by atoms with van der Waals surface area (Å²) in [6.07, 6.45) is 1.77. The zero-order chi connectivity index (χ0) is 16.6. The molecule has 0 saturated heterocycles. The highest BCUT2D eigenvalue weighted by atomic mass is 32.2. The zero-order valence-electron chi connectivity index (χ0n) is 12.6. The average Bonchev–Trinajstić information content (AvgIpc) is 2.93. The van der Waals surface area contributed by atoms with E-state index in [1.54, 1.807) is 43.5 Å². The molecular formula is C14H15N5O2S2. The SMILES string of the molecule is CSc1nn2c(CN)nc(C)nc2c1S(=O)(=O)c1ccccc1. The number of hydrogen-bond donors (Lipinski definition) is 1. The Morgan fingerprint density at radius 1 is 1.22 bits per heavy atom. The topological polar surface area (TPSA) is 103 Å². The van der Waals surface area contributed by atoms with E-state index in [4.69, 9.17) is 5.73 Å². The highest BCUT2D eigenvalue weighted by molar-refractivity contribution is 7.99. The summed E-state index contributed by atoms with van der Waals surface area (Å²) < 4.78 is 27.5. The molecule has 0 aliphatic rings. The maximum atomic E-state index is 13.0. The van der Waals surface area contributed by atoms with E-state index >= 15 is 0 Å². The molecule has 0 bridgehead atoms. The van der Waals surface area contributed by atoms with E-state index in [9.17, 15) is 8.42 Å². The fourth-order valence-electron chi connectivity index (χ4n) is 2.28. The van der Waals surface area contributed by atoms with Gasteiger partial charge in [0, 0.05) is 0 Å². The number of aromatic nitrogens is 4. The second-order valence-corrected chi connectivity index (χ2v) is 7.46. The molecule has 1 aromatic carbocycles. The van der Waals surface area contributed by atoms with Crippen LogP contribution >= 0.6 is 11.8 Å². The molecule has 0 amide bonds. The molecule has 0 spiro atoms. The van der Waals surface area contributed by atoms with Crippen LogP contribution in [0.5, 0.6) is 0 Å². The Labute approximate surface area is 137 Å². The predicted octanol–water partition coefficient (Wildman–Crippen LogP) is 1.45. The third kappa shape index (κ3) is 2.60. The fraction of sp³-hybridized carbons (Fsp3) is 0.214. The number of thioether (sulfide) groups is 1. The Bertz CT molecular complexity index is 968. The second-order valence-electron chi connectivity index (χ2n) is 4.78. The van der Waals surface area contributed by atoms with Crippen molar-refractivity contribution in [2.24, 2.45) is 5.73 Å². The van der Waals surface area contributed by atoms with Crippen molar-refractivity contribution in [3.8, 4) is 0 Å². The van der Waals surface area contributed by atoms with Crippen LogP contribution in [0.3, 0.4) is 0 Å². The molecule has 2 N–H and O–H groups in total. The Morgan fingerprint density at radius 3 is 2.52 bits per heavy atom. The fourth-order valence-corrected chi connectivity index (χ4v) is 4.70. The normalized spacial score (nSPS) is 12.0. The van der Waals surface area contributed by atoms with Gasteiger partial charge in [-0.25, -0.2) is 18.4 Å². The minimum Gasteiger partial charge on any atom is -0.324 e. The van der Waals surface area contributed by atoms with Crippen molar-refractivity contribution >= 4 is 27.2 Å². The second kappa shape index (κ2) is 5.91. The lowest BCUT2D eigenvalue weighted by molar-refractivity contribution is 0.594. The van der Waals surface area contributed by atoms with E-state index in [1.165, 1.54) is 16.3 Å². The standard InChI is InChI=1S/C14H15N5O2S2/c1-9-16-11(8-15)19-13(17-9)12(14(18-19)22-2)23(20,21)10-6-4-3-5-7-10/h3-7H,8,15H2,1-2H3. The van der Waals surface area contributed by atoms with Gasteiger partial charge in [0.2, 0.25) is 9.84 Å². The van der Waals surface area contributed by atoms with Gasteiger partial charge in [-0.2, -0.15) is 9.61 Å². The van der Waals surface area contributed by atoms with Gasteiger partial charge in [-0.3, -0.25) is 0 Å². The van der Waals surface area contributed by atoms with Gasteiger partial charge in [0.25, 0.3) is 0 Å². The molecule has 0 radical (unpaired) electrons. The molecule has 0 fully saturated rings. The molecule has 0 aliphatic carbocycles. The van der Waals surface area contributed by atoms with Crippen molar-refractivity contribution in [2.75, 3.05) is 6.26 Å². The van der Waals surface area contributed by atoms with Gasteiger partial charge in [-0.15, -0.1) is 11.8 Å². The molecular weight excluding hydrogens is 334 g/mol. The lowest BCUT2D eigenvalue weighted by Gasteiger charge is -2.05. The largest absolute Gasteiger partial charge is 0.324 e. The number of nitrogens with two attached hydrogens (primary N) is 1. The van der Waals surface area contributed by atoms with Crippen LogP contribution < -0.4 is 5.73 Å². The van der Waals surface area contributed by atoms with Crippen LogP contribution in [-0.4, -0.2) is 34.3 Å². The lowest BCUT2D eigenvalue weighted by Crippen LogP contribution is -2.11. The molecule has 9 heteroatoms. The van der Waals surface area contributed by atoms with Crippen LogP contribution in [0.25, 0.3) is 5.65 Å². The van der Waals surface area contributed by atoms with E-state index in [0.717, 1.165) is 0 Å². The first-order valence-electron chi connectivity index (χ1n) is 6.79. The molecule has 7 nitrogen and oxygen atoms in total. The monoisotopic (exact) mass is 349 g/mol. The van der Waals surface area contributed by atoms with Crippen molar-refractivity contribution in [3.05, 3.63) is 42.0 Å². The summed E-state index contributed by atoms with van der Waals surface area (Å²) in [5, 5.41) is 4.71. The van der Waals surface area contributed by atoms with Crippen molar-refractivity contribution < 1.29 is 8.42 Å². The first-order chi connectivity index (χ1) is 11.0. The van der Waals surface area contributed by atoms with Crippen molar-refractivity contribution in [2.45, 2.75) is 28.3 Å². The van der Waals surface area contributed by atoms with E-state index in [2.05, 4.69) is 15.1 Å². The average molecular weight is 349 g/mol. The summed E-state index contributed by atoms with van der Waals surface area (Å²) in [5.41, 5.74) is 5.95. The van der Waals surface area contributed by atoms with Crippen LogP contribution in [-0.2, 0) is 16.4 Å². The van der Waals surface area contributed by atoms with Crippen LogP contribution in [0.2, 0.25) is 0 Å². The summed E-state index contributed by atoms with van der Waals surface area (Å²) >= 11 is 1.25. The Hall–Kier alpha value is -1.97. The number of benzene rings is 1. The number of rotatable bonds is 4. The molecule has 0 aliphatic heterocycles. The predicted molar refractivity (Wildman–Crippen MR) is 87.1 cm³/mol. The molecule has 2 aromatic heterocycles. The smallest absolute Gasteiger partial charge is 0.213 e. The molecule has 0 atom stereocenters. The van der Waals surface area contributed by atoms with Gasteiger partial charge >= 0.3 is 0 Å². The van der Waals surface area contributed by atoms with Crippen LogP contribution in [0, 0.1) is 6.92 Å². The van der Waals surface area contributed by atoms with E-state index in [1.807, 2.05) is 0 Å². The number of sulfone groups is 1. The molecule has 0 unspecified atom stereocenters. The number of nitrogens with zero attached hydrogens (tertiary/aromatic N) is 4. The van der Waals surface area contributed by atoms with E-state index in [-0.39, 0.29) is 22.0 Å². The minimum atomic E-state index is -3.74. The van der Waals surface area contributed by atoms with Gasteiger partial charge in [0.1, 0.15) is 16.7 Å². The van der Waals surface area contributed by atoms with Gasteiger partial charge in [0.15, 0.2) is 10.5 Å². The Kier molecular flexibility index (Phi) is 4.09. The molecule has 3 rings (SSSR count). The van der Waals surface area contributed by atoms with Crippen molar-refractivity contribution in [3.63, 3.8) is 0 Å². The van der Waals surface area contributed by atoms with Crippen molar-refractivity contribution in [1.82, 2.24) is 19.6 Å². The number of aryl methyl sites for hydroxylation is 1. The van der Waals surface area contributed by atoms with Crippen LogP contribution in [0.15, 0.2) is 45.1 Å². The molecule has 23 heavy (non-hydrogen) atoms. The first kappa shape index (κ1) is 15.9. The highest BCUT2D eigenvalue weighted by Gasteiger charge is 2.29. The molecule has 2 heterocycles. The first-order valence-corrected chi connectivity index (χ1v) is 9.50. The van der Waals surface area contributed by atoms with Crippen LogP contribution in [0.4, 0.5) is 0 Å². The van der Waals surface area contributed by atoms with Crippen molar-refractivity contribution in [1.29, 1.82) is 0 Å². The highest BCUT2D eigenvalue weighted by Crippen LogP contribution is 2.32. The Balaban J connectivity index is 2.39. The van der Waals surface area contributed by atoms with Gasteiger partial charge < -0.3 is 5.73 Å². The van der Waals surface area contributed by atoms with Gasteiger partial charge in [-0.1, -0.05) is 18.2 Å². The summed E-state index contributed by atoms with van der Waals surface area (Å²) in [6, 6.07) is 8.25. The third-order valence-electron chi connectivity index (χ3n) is 3.29. The number of fused-ring (bicyclic) bond motifs is 1. The van der Waals surface area contributed by atoms with Gasteiger partial charge in [-0.05, 0) is 25.3 Å². The quantitative estimate of drug-likeness (QED) is 0.711.